The molecule has 0 spiro atoms. The molecule has 146 valence electrons. The summed E-state index contributed by atoms with van der Waals surface area (Å²) in [5.74, 6) is 0.0795. The highest BCUT2D eigenvalue weighted by atomic mass is 35.5. The summed E-state index contributed by atoms with van der Waals surface area (Å²) in [4.78, 5) is 27.0. The molecule has 5 nitrogen and oxygen atoms in total. The summed E-state index contributed by atoms with van der Waals surface area (Å²) in [6.45, 7) is 1.75. The number of hydrogen-bond donors (Lipinski definition) is 0. The summed E-state index contributed by atoms with van der Waals surface area (Å²) >= 11 is 5.88. The van der Waals surface area contributed by atoms with Crippen molar-refractivity contribution in [3.05, 3.63) is 58.4 Å². The van der Waals surface area contributed by atoms with Gasteiger partial charge in [-0.1, -0.05) is 11.6 Å². The number of carbonyl (C=O) groups excluding carboxylic acids is 2. The smallest absolute Gasteiger partial charge is 0.256 e. The van der Waals surface area contributed by atoms with Crippen LogP contribution >= 0.6 is 11.6 Å². The maximum absolute atomic E-state index is 14.0. The molecule has 2 aromatic carbocycles. The Morgan fingerprint density at radius 3 is 2.46 bits per heavy atom. The number of likely N-dealkylation sites (tertiary alicyclic amines) is 1. The molecular weight excluding hydrogens is 385 g/mol. The number of hydrogen-bond acceptors (Lipinski definition) is 4. The number of halogens is 2. The zero-order valence-corrected chi connectivity index (χ0v) is 15.9. The summed E-state index contributed by atoms with van der Waals surface area (Å²) in [5, 5.41) is 0.313. The van der Waals surface area contributed by atoms with E-state index in [0.29, 0.717) is 61.2 Å². The van der Waals surface area contributed by atoms with E-state index in [1.54, 1.807) is 23.1 Å². The molecule has 0 saturated carbocycles. The monoisotopic (exact) mass is 403 g/mol. The molecule has 0 aliphatic carbocycles. The average molecular weight is 404 g/mol. The maximum atomic E-state index is 14.0. The lowest BCUT2D eigenvalue weighted by molar-refractivity contribution is 0.0646. The Bertz CT molecular complexity index is 925. The fourth-order valence-corrected chi connectivity index (χ4v) is 3.78. The molecule has 1 fully saturated rings. The Morgan fingerprint density at radius 1 is 1.00 bits per heavy atom. The van der Waals surface area contributed by atoms with Crippen LogP contribution in [0.5, 0.6) is 11.5 Å². The van der Waals surface area contributed by atoms with Gasteiger partial charge in [0.2, 0.25) is 0 Å². The van der Waals surface area contributed by atoms with E-state index in [1.807, 2.05) is 0 Å². The van der Waals surface area contributed by atoms with Crippen LogP contribution in [-0.4, -0.2) is 42.9 Å². The van der Waals surface area contributed by atoms with Crippen LogP contribution in [0.2, 0.25) is 5.02 Å². The minimum Gasteiger partial charge on any atom is -0.486 e. The van der Waals surface area contributed by atoms with E-state index in [2.05, 4.69) is 0 Å². The molecule has 2 aromatic rings. The minimum absolute atomic E-state index is 0.0259. The molecule has 0 bridgehead atoms. The van der Waals surface area contributed by atoms with Crippen LogP contribution in [0.15, 0.2) is 36.4 Å². The highest BCUT2D eigenvalue weighted by Crippen LogP contribution is 2.32. The van der Waals surface area contributed by atoms with E-state index in [4.69, 9.17) is 21.1 Å². The first kappa shape index (κ1) is 18.7. The first-order valence-electron chi connectivity index (χ1n) is 9.21. The lowest BCUT2D eigenvalue weighted by atomic mass is 9.88. The predicted octanol–water partition coefficient (Wildman–Crippen LogP) is 3.99. The van der Waals surface area contributed by atoms with Crippen molar-refractivity contribution >= 4 is 23.3 Å². The van der Waals surface area contributed by atoms with Crippen molar-refractivity contribution in [1.82, 2.24) is 4.90 Å². The van der Waals surface area contributed by atoms with Crippen molar-refractivity contribution in [2.24, 2.45) is 5.92 Å². The van der Waals surface area contributed by atoms with Gasteiger partial charge in [-0.3, -0.25) is 9.59 Å². The second kappa shape index (κ2) is 7.80. The highest BCUT2D eigenvalue weighted by Gasteiger charge is 2.30. The minimum atomic E-state index is -0.594. The third-order valence-electron chi connectivity index (χ3n) is 5.14. The molecule has 2 heterocycles. The van der Waals surface area contributed by atoms with E-state index in [0.717, 1.165) is 0 Å². The number of Topliss-reactive ketones (excluding diaryl/α,β-unsaturated/α-hetero) is 1. The summed E-state index contributed by atoms with van der Waals surface area (Å²) in [7, 11) is 0. The number of carbonyl (C=O) groups is 2. The second-order valence-corrected chi connectivity index (χ2v) is 7.35. The van der Waals surface area contributed by atoms with Crippen molar-refractivity contribution in [1.29, 1.82) is 0 Å². The molecule has 0 radical (unpaired) electrons. The zero-order valence-electron chi connectivity index (χ0n) is 15.1. The molecule has 4 rings (SSSR count). The molecule has 28 heavy (non-hydrogen) atoms. The van der Waals surface area contributed by atoms with E-state index in [9.17, 15) is 14.0 Å². The predicted molar refractivity (Wildman–Crippen MR) is 102 cm³/mol. The van der Waals surface area contributed by atoms with E-state index in [-0.39, 0.29) is 17.3 Å². The van der Waals surface area contributed by atoms with Crippen molar-refractivity contribution in [3.8, 4) is 11.5 Å². The topological polar surface area (TPSA) is 55.8 Å². The number of amides is 1. The Morgan fingerprint density at radius 2 is 1.71 bits per heavy atom. The van der Waals surface area contributed by atoms with Crippen LogP contribution in [0.4, 0.5) is 4.39 Å². The average Bonchev–Trinajstić information content (AvgIpc) is 2.74. The van der Waals surface area contributed by atoms with Crippen LogP contribution < -0.4 is 9.47 Å². The number of nitrogens with zero attached hydrogens (tertiary/aromatic N) is 1. The summed E-state index contributed by atoms with van der Waals surface area (Å²) in [6, 6.07) is 9.15. The molecule has 0 N–H and O–H groups in total. The maximum Gasteiger partial charge on any atom is 0.256 e. The van der Waals surface area contributed by atoms with Crippen LogP contribution in [-0.2, 0) is 0 Å². The van der Waals surface area contributed by atoms with E-state index < -0.39 is 11.7 Å². The van der Waals surface area contributed by atoms with Crippen LogP contribution in [0.25, 0.3) is 0 Å². The van der Waals surface area contributed by atoms with Gasteiger partial charge in [-0.05, 0) is 49.2 Å². The number of ketones is 1. The van der Waals surface area contributed by atoms with Gasteiger partial charge in [-0.2, -0.15) is 0 Å². The fraction of sp³-hybridized carbons (Fsp3) is 0.333. The van der Waals surface area contributed by atoms with Crippen LogP contribution in [0.3, 0.4) is 0 Å². The molecule has 1 saturated heterocycles. The van der Waals surface area contributed by atoms with Gasteiger partial charge < -0.3 is 14.4 Å². The molecule has 0 unspecified atom stereocenters. The third kappa shape index (κ3) is 3.69. The third-order valence-corrected chi connectivity index (χ3v) is 5.37. The number of fused-ring (bicyclic) bond motifs is 1. The van der Waals surface area contributed by atoms with Crippen molar-refractivity contribution in [3.63, 3.8) is 0 Å². The van der Waals surface area contributed by atoms with Gasteiger partial charge in [-0.15, -0.1) is 0 Å². The molecule has 0 aromatic heterocycles. The van der Waals surface area contributed by atoms with Gasteiger partial charge in [0, 0.05) is 29.6 Å². The number of piperidine rings is 1. The summed E-state index contributed by atoms with van der Waals surface area (Å²) in [6.07, 6.45) is 1.06. The Hall–Kier alpha value is -2.60. The zero-order chi connectivity index (χ0) is 19.7. The standard InChI is InChI=1S/C21H19ClFNO4/c22-15-2-3-17(23)16(12-15)21(26)24-7-5-13(6-8-24)20(25)14-1-4-18-19(11-14)28-10-9-27-18/h1-4,11-13H,5-10H2. The lowest BCUT2D eigenvalue weighted by Gasteiger charge is -2.31. The van der Waals surface area contributed by atoms with Crippen molar-refractivity contribution in [2.75, 3.05) is 26.3 Å². The van der Waals surface area contributed by atoms with Gasteiger partial charge in [0.1, 0.15) is 19.0 Å². The van der Waals surface area contributed by atoms with Crippen LogP contribution in [0.1, 0.15) is 33.6 Å². The SMILES string of the molecule is O=C(c1ccc2c(c1)OCCO2)C1CCN(C(=O)c2cc(Cl)ccc2F)CC1. The largest absolute Gasteiger partial charge is 0.486 e. The van der Waals surface area contributed by atoms with Gasteiger partial charge in [0.05, 0.1) is 5.56 Å². The summed E-state index contributed by atoms with van der Waals surface area (Å²) in [5.41, 5.74) is 0.541. The Labute approximate surface area is 167 Å². The second-order valence-electron chi connectivity index (χ2n) is 6.91. The molecule has 7 heteroatoms. The normalized spacial score (nSPS) is 16.7. The Kier molecular flexibility index (Phi) is 5.22. The first-order valence-corrected chi connectivity index (χ1v) is 9.59. The van der Waals surface area contributed by atoms with E-state index >= 15 is 0 Å². The number of ether oxygens (including phenoxy) is 2. The lowest BCUT2D eigenvalue weighted by Crippen LogP contribution is -2.40. The van der Waals surface area contributed by atoms with Gasteiger partial charge in [-0.25, -0.2) is 4.39 Å². The number of rotatable bonds is 3. The molecule has 1 amide bonds. The fourth-order valence-electron chi connectivity index (χ4n) is 3.61. The van der Waals surface area contributed by atoms with Gasteiger partial charge >= 0.3 is 0 Å². The number of benzene rings is 2. The van der Waals surface area contributed by atoms with Crippen molar-refractivity contribution in [2.45, 2.75) is 12.8 Å². The molecule has 2 aliphatic heterocycles. The van der Waals surface area contributed by atoms with E-state index in [1.165, 1.54) is 18.2 Å². The van der Waals surface area contributed by atoms with Gasteiger partial charge in [0.15, 0.2) is 17.3 Å². The molecular formula is C21H19ClFNO4. The van der Waals surface area contributed by atoms with Gasteiger partial charge in [0.25, 0.3) is 5.91 Å². The highest BCUT2D eigenvalue weighted by molar-refractivity contribution is 6.31. The quantitative estimate of drug-likeness (QED) is 0.727. The summed E-state index contributed by atoms with van der Waals surface area (Å²) < 4.78 is 25.0. The first-order chi connectivity index (χ1) is 13.5. The molecule has 0 atom stereocenters. The molecule has 2 aliphatic rings. The van der Waals surface area contributed by atoms with Crippen molar-refractivity contribution < 1.29 is 23.5 Å². The Balaban J connectivity index is 1.42. The van der Waals surface area contributed by atoms with Crippen LogP contribution in [0, 0.1) is 11.7 Å².